The van der Waals surface area contributed by atoms with Gasteiger partial charge in [0, 0.05) is 20.3 Å². The van der Waals surface area contributed by atoms with Crippen molar-refractivity contribution in [2.45, 2.75) is 57.5 Å². The van der Waals surface area contributed by atoms with E-state index in [1.54, 1.807) is 0 Å². The number of esters is 2. The summed E-state index contributed by atoms with van der Waals surface area (Å²) in [5.41, 5.74) is 4.67. The number of fused-ring (bicyclic) bond motifs is 1. The SMILES string of the molecule is C#CCn1c(=O)n(C2OC([C@@H](OC(C)=O)C(F)(F)F)CC2OC(C)=O)c2nc(N)nc(OC)c21. The Morgan fingerprint density at radius 1 is 1.32 bits per heavy atom. The Kier molecular flexibility index (Phi) is 6.73. The number of ether oxygens (including phenoxy) is 4. The molecule has 2 N–H and O–H groups in total. The standard InChI is InChI=1S/C19H20F3N5O7/c1-5-6-26-12-14(24-17(23)25-15(12)31-4)27(18(26)30)16-11(32-8(2)28)7-10(34-16)13(19(20,21)22)33-9(3)29/h1,10-11,13,16H,6-7H2,2-4H3,(H2,23,24,25)/t10?,11?,13-,16?/m1/s1. The smallest absolute Gasteiger partial charge is 0.428 e. The Labute approximate surface area is 189 Å². The van der Waals surface area contributed by atoms with Crippen molar-refractivity contribution in [2.24, 2.45) is 0 Å². The number of anilines is 1. The van der Waals surface area contributed by atoms with Crippen molar-refractivity contribution in [3.8, 4) is 18.2 Å². The number of hydrogen-bond donors (Lipinski definition) is 1. The zero-order chi connectivity index (χ0) is 25.4. The number of terminal acetylenes is 1. The molecule has 1 fully saturated rings. The lowest BCUT2D eigenvalue weighted by atomic mass is 10.1. The summed E-state index contributed by atoms with van der Waals surface area (Å²) in [6, 6.07) is 0. The lowest BCUT2D eigenvalue weighted by Crippen LogP contribution is -2.43. The van der Waals surface area contributed by atoms with Gasteiger partial charge in [-0.2, -0.15) is 23.1 Å². The highest BCUT2D eigenvalue weighted by Gasteiger charge is 2.54. The molecule has 0 aliphatic carbocycles. The molecule has 0 radical (unpaired) electrons. The predicted molar refractivity (Wildman–Crippen MR) is 107 cm³/mol. The average molecular weight is 487 g/mol. The van der Waals surface area contributed by atoms with Gasteiger partial charge in [0.15, 0.2) is 17.4 Å². The molecule has 1 aliphatic rings. The Morgan fingerprint density at radius 3 is 2.53 bits per heavy atom. The first-order valence-corrected chi connectivity index (χ1v) is 9.71. The van der Waals surface area contributed by atoms with Gasteiger partial charge in [0.05, 0.1) is 13.7 Å². The number of nitrogens with two attached hydrogens (primary N) is 1. The van der Waals surface area contributed by atoms with Crippen molar-refractivity contribution in [1.82, 2.24) is 19.1 Å². The third-order valence-electron chi connectivity index (χ3n) is 4.85. The zero-order valence-electron chi connectivity index (χ0n) is 18.2. The quantitative estimate of drug-likeness (QED) is 0.452. The molecule has 0 saturated carbocycles. The molecule has 1 saturated heterocycles. The minimum absolute atomic E-state index is 0.000586. The number of carbonyl (C=O) groups excluding carboxylic acids is 2. The number of nitrogen functional groups attached to an aromatic ring is 1. The fourth-order valence-electron chi connectivity index (χ4n) is 3.71. The molecular weight excluding hydrogens is 467 g/mol. The highest BCUT2D eigenvalue weighted by atomic mass is 19.4. The van der Waals surface area contributed by atoms with Crippen LogP contribution in [-0.2, 0) is 30.3 Å². The molecule has 2 aromatic heterocycles. The van der Waals surface area contributed by atoms with E-state index in [0.717, 1.165) is 23.0 Å². The highest BCUT2D eigenvalue weighted by molar-refractivity contribution is 5.79. The Bertz CT molecular complexity index is 1220. The van der Waals surface area contributed by atoms with E-state index in [2.05, 4.69) is 20.6 Å². The maximum Gasteiger partial charge on any atom is 0.428 e. The average Bonchev–Trinajstić information content (AvgIpc) is 3.22. The third-order valence-corrected chi connectivity index (χ3v) is 4.85. The Hall–Kier alpha value is -3.80. The first kappa shape index (κ1) is 24.8. The maximum atomic E-state index is 13.6. The van der Waals surface area contributed by atoms with Gasteiger partial charge in [0.25, 0.3) is 0 Å². The second-order valence-corrected chi connectivity index (χ2v) is 7.23. The molecule has 4 atom stereocenters. The van der Waals surface area contributed by atoms with E-state index >= 15 is 0 Å². The van der Waals surface area contributed by atoms with Crippen LogP contribution in [0.4, 0.5) is 19.1 Å². The van der Waals surface area contributed by atoms with Crippen molar-refractivity contribution in [2.75, 3.05) is 12.8 Å². The van der Waals surface area contributed by atoms with Crippen molar-refractivity contribution in [3.05, 3.63) is 10.5 Å². The summed E-state index contributed by atoms with van der Waals surface area (Å²) in [6.07, 6.45) is -7.67. The number of methoxy groups -OCH3 is 1. The Morgan fingerprint density at radius 2 is 2.00 bits per heavy atom. The minimum atomic E-state index is -5.01. The van der Waals surface area contributed by atoms with Crippen LogP contribution in [0.5, 0.6) is 5.88 Å². The molecule has 3 rings (SSSR count). The molecule has 3 heterocycles. The van der Waals surface area contributed by atoms with Crippen LogP contribution in [0.1, 0.15) is 26.5 Å². The normalized spacial score (nSPS) is 21.1. The summed E-state index contributed by atoms with van der Waals surface area (Å²) in [4.78, 5) is 44.1. The van der Waals surface area contributed by atoms with Gasteiger partial charge >= 0.3 is 23.8 Å². The number of nitrogens with zero attached hydrogens (tertiary/aromatic N) is 4. The maximum absolute atomic E-state index is 13.6. The summed E-state index contributed by atoms with van der Waals surface area (Å²) in [7, 11) is 1.25. The molecule has 1 aliphatic heterocycles. The summed E-state index contributed by atoms with van der Waals surface area (Å²) in [6.45, 7) is 1.56. The van der Waals surface area contributed by atoms with Crippen molar-refractivity contribution in [1.29, 1.82) is 0 Å². The van der Waals surface area contributed by atoms with Crippen LogP contribution in [0.3, 0.4) is 0 Å². The highest BCUT2D eigenvalue weighted by Crippen LogP contribution is 2.39. The molecule has 184 valence electrons. The fourth-order valence-corrected chi connectivity index (χ4v) is 3.71. The van der Waals surface area contributed by atoms with Gasteiger partial charge in [-0.15, -0.1) is 6.42 Å². The second kappa shape index (κ2) is 9.21. The topological polar surface area (TPSA) is 150 Å². The van der Waals surface area contributed by atoms with E-state index in [1.165, 1.54) is 7.11 Å². The number of alkyl halides is 3. The summed E-state index contributed by atoms with van der Waals surface area (Å²) in [5, 5.41) is 0. The fraction of sp³-hybridized carbons (Fsp3) is 0.526. The Balaban J connectivity index is 2.21. The van der Waals surface area contributed by atoms with Crippen LogP contribution >= 0.6 is 0 Å². The van der Waals surface area contributed by atoms with Gasteiger partial charge in [-0.3, -0.25) is 14.2 Å². The lowest BCUT2D eigenvalue weighted by Gasteiger charge is -2.25. The van der Waals surface area contributed by atoms with E-state index in [9.17, 15) is 27.6 Å². The van der Waals surface area contributed by atoms with E-state index in [-0.39, 0.29) is 29.5 Å². The van der Waals surface area contributed by atoms with Crippen LogP contribution < -0.4 is 16.2 Å². The van der Waals surface area contributed by atoms with Gasteiger partial charge in [-0.25, -0.2) is 9.36 Å². The van der Waals surface area contributed by atoms with Crippen LogP contribution in [0, 0.1) is 12.3 Å². The van der Waals surface area contributed by atoms with Gasteiger partial charge in [0.2, 0.25) is 17.9 Å². The number of halogens is 3. The first-order chi connectivity index (χ1) is 15.9. The van der Waals surface area contributed by atoms with Gasteiger partial charge in [-0.1, -0.05) is 5.92 Å². The van der Waals surface area contributed by atoms with E-state index < -0.39 is 54.8 Å². The van der Waals surface area contributed by atoms with Gasteiger partial charge < -0.3 is 24.7 Å². The number of hydrogen-bond acceptors (Lipinski definition) is 10. The number of carbonyl (C=O) groups is 2. The monoisotopic (exact) mass is 487 g/mol. The van der Waals surface area contributed by atoms with Crippen molar-refractivity contribution in [3.63, 3.8) is 0 Å². The molecule has 0 amide bonds. The van der Waals surface area contributed by atoms with Gasteiger partial charge in [-0.05, 0) is 0 Å². The van der Waals surface area contributed by atoms with Gasteiger partial charge in [0.1, 0.15) is 12.2 Å². The molecule has 34 heavy (non-hydrogen) atoms. The predicted octanol–water partition coefficient (Wildman–Crippen LogP) is 0.530. The molecule has 0 aromatic carbocycles. The molecule has 15 heteroatoms. The summed E-state index contributed by atoms with van der Waals surface area (Å²) in [5.74, 6) is -0.216. The number of imidazole rings is 1. The van der Waals surface area contributed by atoms with Crippen molar-refractivity contribution < 1.29 is 41.7 Å². The summed E-state index contributed by atoms with van der Waals surface area (Å²) < 4.78 is 63.0. The molecule has 0 bridgehead atoms. The summed E-state index contributed by atoms with van der Waals surface area (Å²) >= 11 is 0. The van der Waals surface area contributed by atoms with E-state index in [1.807, 2.05) is 0 Å². The third kappa shape index (κ3) is 4.62. The minimum Gasteiger partial charge on any atom is -0.479 e. The molecular formula is C19H20F3N5O7. The second-order valence-electron chi connectivity index (χ2n) is 7.23. The zero-order valence-corrected chi connectivity index (χ0v) is 18.2. The molecule has 0 spiro atoms. The number of aromatic nitrogens is 4. The number of rotatable bonds is 6. The van der Waals surface area contributed by atoms with Crippen molar-refractivity contribution >= 4 is 29.1 Å². The first-order valence-electron chi connectivity index (χ1n) is 9.71. The van der Waals surface area contributed by atoms with Crippen LogP contribution in [-0.4, -0.2) is 62.6 Å². The molecule has 12 nitrogen and oxygen atoms in total. The molecule has 3 unspecified atom stereocenters. The van der Waals surface area contributed by atoms with Crippen LogP contribution in [0.2, 0.25) is 0 Å². The lowest BCUT2D eigenvalue weighted by molar-refractivity contribution is -0.248. The van der Waals surface area contributed by atoms with E-state index in [0.29, 0.717) is 0 Å². The van der Waals surface area contributed by atoms with E-state index in [4.69, 9.17) is 26.4 Å². The van der Waals surface area contributed by atoms with Crippen LogP contribution in [0.15, 0.2) is 4.79 Å². The van der Waals surface area contributed by atoms with Crippen LogP contribution in [0.25, 0.3) is 11.2 Å². The molecule has 2 aromatic rings. The largest absolute Gasteiger partial charge is 0.479 e.